The first kappa shape index (κ1) is 11.4. The monoisotopic (exact) mass is 223 g/mol. The Balaban J connectivity index is 2.58. The van der Waals surface area contributed by atoms with Crippen LogP contribution in [0.2, 0.25) is 0 Å². The minimum absolute atomic E-state index is 0.162. The number of rotatable bonds is 1. The van der Waals surface area contributed by atoms with Crippen molar-refractivity contribution in [1.82, 2.24) is 5.32 Å². The molecule has 0 aromatic heterocycles. The number of halogens is 1. The van der Waals surface area contributed by atoms with Gasteiger partial charge < -0.3 is 10.1 Å². The molecule has 1 aromatic carbocycles. The van der Waals surface area contributed by atoms with E-state index < -0.39 is 0 Å². The summed E-state index contributed by atoms with van der Waals surface area (Å²) in [5.41, 5.74) is 1.71. The maximum absolute atomic E-state index is 13.8. The van der Waals surface area contributed by atoms with E-state index in [4.69, 9.17) is 4.74 Å². The topological polar surface area (TPSA) is 21.3 Å². The van der Waals surface area contributed by atoms with Gasteiger partial charge in [0.05, 0.1) is 0 Å². The van der Waals surface area contributed by atoms with Crippen molar-refractivity contribution in [3.8, 4) is 5.75 Å². The van der Waals surface area contributed by atoms with E-state index in [2.05, 4.69) is 5.32 Å². The third-order valence-electron chi connectivity index (χ3n) is 3.14. The molecule has 2 rings (SSSR count). The van der Waals surface area contributed by atoms with E-state index >= 15 is 0 Å². The molecule has 0 spiro atoms. The zero-order valence-corrected chi connectivity index (χ0v) is 10.2. The third kappa shape index (κ3) is 1.80. The summed E-state index contributed by atoms with van der Waals surface area (Å²) in [7, 11) is 1.90. The van der Waals surface area contributed by atoms with Crippen molar-refractivity contribution in [2.75, 3.05) is 7.05 Å². The Bertz CT molecular complexity index is 415. The van der Waals surface area contributed by atoms with Crippen LogP contribution in [-0.2, 0) is 0 Å². The molecular weight excluding hydrogens is 205 g/mol. The highest BCUT2D eigenvalue weighted by atomic mass is 19.1. The van der Waals surface area contributed by atoms with Gasteiger partial charge in [-0.1, -0.05) is 6.07 Å². The van der Waals surface area contributed by atoms with Crippen LogP contribution >= 0.6 is 0 Å². The van der Waals surface area contributed by atoms with Crippen LogP contribution < -0.4 is 10.1 Å². The molecule has 1 aliphatic heterocycles. The van der Waals surface area contributed by atoms with Crippen molar-refractivity contribution in [2.45, 2.75) is 38.8 Å². The van der Waals surface area contributed by atoms with Gasteiger partial charge in [0.15, 0.2) is 11.6 Å². The van der Waals surface area contributed by atoms with Gasteiger partial charge in [0.25, 0.3) is 0 Å². The summed E-state index contributed by atoms with van der Waals surface area (Å²) in [5, 5.41) is 3.24. The highest BCUT2D eigenvalue weighted by Crippen LogP contribution is 2.42. The minimum Gasteiger partial charge on any atom is -0.484 e. The van der Waals surface area contributed by atoms with Crippen molar-refractivity contribution in [3.63, 3.8) is 0 Å². The molecule has 0 radical (unpaired) electrons. The summed E-state index contributed by atoms with van der Waals surface area (Å²) < 4.78 is 19.5. The first-order valence-electron chi connectivity index (χ1n) is 5.60. The zero-order chi connectivity index (χ0) is 11.9. The first-order chi connectivity index (χ1) is 7.44. The number of hydrogen-bond acceptors (Lipinski definition) is 2. The van der Waals surface area contributed by atoms with Crippen molar-refractivity contribution in [3.05, 3.63) is 29.1 Å². The lowest BCUT2D eigenvalue weighted by atomic mass is 9.87. The number of fused-ring (bicyclic) bond motifs is 1. The van der Waals surface area contributed by atoms with Crippen molar-refractivity contribution < 1.29 is 9.13 Å². The molecule has 3 heteroatoms. The Labute approximate surface area is 95.8 Å². The number of nitrogens with one attached hydrogen (secondary N) is 1. The van der Waals surface area contributed by atoms with Gasteiger partial charge in [0, 0.05) is 18.0 Å². The fraction of sp³-hybridized carbons (Fsp3) is 0.538. The van der Waals surface area contributed by atoms with Gasteiger partial charge in [-0.2, -0.15) is 0 Å². The second-order valence-electron chi connectivity index (χ2n) is 5.01. The standard InChI is InChI=1S/C13H18FNO/c1-8-5-6-9(14)12-11(8)10(15-4)7-13(2,3)16-12/h5-6,10,15H,7H2,1-4H3. The maximum atomic E-state index is 13.8. The van der Waals surface area contributed by atoms with Crippen LogP contribution in [0.3, 0.4) is 0 Å². The van der Waals surface area contributed by atoms with Crippen LogP contribution in [0, 0.1) is 12.7 Å². The lowest BCUT2D eigenvalue weighted by Gasteiger charge is -2.38. The van der Waals surface area contributed by atoms with Crippen molar-refractivity contribution >= 4 is 0 Å². The van der Waals surface area contributed by atoms with E-state index in [9.17, 15) is 4.39 Å². The smallest absolute Gasteiger partial charge is 0.165 e. The van der Waals surface area contributed by atoms with Crippen molar-refractivity contribution in [2.24, 2.45) is 0 Å². The quantitative estimate of drug-likeness (QED) is 0.790. The summed E-state index contributed by atoms with van der Waals surface area (Å²) in [4.78, 5) is 0. The normalized spacial score (nSPS) is 22.4. The highest BCUT2D eigenvalue weighted by Gasteiger charge is 2.35. The average Bonchev–Trinajstić information content (AvgIpc) is 2.21. The fourth-order valence-electron chi connectivity index (χ4n) is 2.37. The van der Waals surface area contributed by atoms with Gasteiger partial charge in [0.2, 0.25) is 0 Å². The molecule has 88 valence electrons. The van der Waals surface area contributed by atoms with Crippen LogP contribution in [0.4, 0.5) is 4.39 Å². The summed E-state index contributed by atoms with van der Waals surface area (Å²) in [6, 6.07) is 3.44. The Kier molecular flexibility index (Phi) is 2.66. The van der Waals surface area contributed by atoms with E-state index in [-0.39, 0.29) is 17.5 Å². The molecular formula is C13H18FNO. The molecule has 1 N–H and O–H groups in total. The Hall–Kier alpha value is -1.09. The molecule has 0 saturated carbocycles. The second kappa shape index (κ2) is 3.74. The van der Waals surface area contributed by atoms with Crippen LogP contribution in [-0.4, -0.2) is 12.6 Å². The van der Waals surface area contributed by atoms with Gasteiger partial charge in [-0.15, -0.1) is 0 Å². The molecule has 0 amide bonds. The predicted octanol–water partition coefficient (Wildman–Crippen LogP) is 2.96. The van der Waals surface area contributed by atoms with Crippen LogP contribution in [0.5, 0.6) is 5.75 Å². The Morgan fingerprint density at radius 3 is 2.75 bits per heavy atom. The molecule has 1 aromatic rings. The lowest BCUT2D eigenvalue weighted by Crippen LogP contribution is -2.39. The van der Waals surface area contributed by atoms with Crippen molar-refractivity contribution in [1.29, 1.82) is 0 Å². The van der Waals surface area contributed by atoms with E-state index in [0.717, 1.165) is 17.5 Å². The average molecular weight is 223 g/mol. The molecule has 1 atom stereocenters. The maximum Gasteiger partial charge on any atom is 0.165 e. The fourth-order valence-corrected chi connectivity index (χ4v) is 2.37. The zero-order valence-electron chi connectivity index (χ0n) is 10.2. The largest absolute Gasteiger partial charge is 0.484 e. The third-order valence-corrected chi connectivity index (χ3v) is 3.14. The van der Waals surface area contributed by atoms with Crippen LogP contribution in [0.1, 0.15) is 37.4 Å². The SMILES string of the molecule is CNC1CC(C)(C)Oc2c(F)ccc(C)c21. The van der Waals surface area contributed by atoms with Gasteiger partial charge in [-0.3, -0.25) is 0 Å². The molecule has 1 unspecified atom stereocenters. The molecule has 0 bridgehead atoms. The molecule has 16 heavy (non-hydrogen) atoms. The number of benzene rings is 1. The molecule has 1 aliphatic rings. The van der Waals surface area contributed by atoms with E-state index in [1.54, 1.807) is 6.07 Å². The first-order valence-corrected chi connectivity index (χ1v) is 5.60. The van der Waals surface area contributed by atoms with E-state index in [0.29, 0.717) is 5.75 Å². The van der Waals surface area contributed by atoms with Crippen LogP contribution in [0.25, 0.3) is 0 Å². The second-order valence-corrected chi connectivity index (χ2v) is 5.01. The van der Waals surface area contributed by atoms with E-state index in [1.165, 1.54) is 6.07 Å². The summed E-state index contributed by atoms with van der Waals surface area (Å²) >= 11 is 0. The van der Waals surface area contributed by atoms with Gasteiger partial charge in [0.1, 0.15) is 5.60 Å². The Morgan fingerprint density at radius 2 is 2.12 bits per heavy atom. The summed E-state index contributed by atoms with van der Waals surface area (Å²) in [6.45, 7) is 5.97. The molecule has 2 nitrogen and oxygen atoms in total. The predicted molar refractivity (Wildman–Crippen MR) is 62.3 cm³/mol. The number of hydrogen-bond donors (Lipinski definition) is 1. The van der Waals surface area contributed by atoms with Crippen LogP contribution in [0.15, 0.2) is 12.1 Å². The molecule has 0 aliphatic carbocycles. The molecule has 0 fully saturated rings. The number of ether oxygens (including phenoxy) is 1. The summed E-state index contributed by atoms with van der Waals surface area (Å²) in [5.74, 6) is 0.143. The molecule has 1 heterocycles. The van der Waals surface area contributed by atoms with Gasteiger partial charge in [-0.05, 0) is 39.4 Å². The Morgan fingerprint density at radius 1 is 1.44 bits per heavy atom. The molecule has 0 saturated heterocycles. The number of aryl methyl sites for hydroxylation is 1. The van der Waals surface area contributed by atoms with E-state index in [1.807, 2.05) is 27.8 Å². The minimum atomic E-state index is -0.324. The lowest BCUT2D eigenvalue weighted by molar-refractivity contribution is 0.0619. The van der Waals surface area contributed by atoms with Gasteiger partial charge in [-0.25, -0.2) is 4.39 Å². The van der Waals surface area contributed by atoms with Gasteiger partial charge >= 0.3 is 0 Å². The highest BCUT2D eigenvalue weighted by molar-refractivity contribution is 5.45. The summed E-state index contributed by atoms with van der Waals surface area (Å²) in [6.07, 6.45) is 0.848.